The summed E-state index contributed by atoms with van der Waals surface area (Å²) in [5.41, 5.74) is 0.646. The SMILES string of the molecule is COc1ccnc(CCl)c1Cl. The van der Waals surface area contributed by atoms with Crippen molar-refractivity contribution in [2.45, 2.75) is 5.88 Å². The molecule has 0 spiro atoms. The van der Waals surface area contributed by atoms with E-state index in [9.17, 15) is 0 Å². The van der Waals surface area contributed by atoms with Gasteiger partial charge in [0.1, 0.15) is 10.8 Å². The predicted octanol–water partition coefficient (Wildman–Crippen LogP) is 2.48. The van der Waals surface area contributed by atoms with Crippen LogP contribution in [0.2, 0.25) is 5.02 Å². The first-order chi connectivity index (χ1) is 5.29. The number of hydrogen-bond donors (Lipinski definition) is 0. The van der Waals surface area contributed by atoms with Crippen molar-refractivity contribution < 1.29 is 4.74 Å². The number of methoxy groups -OCH3 is 1. The minimum Gasteiger partial charge on any atom is -0.495 e. The molecule has 60 valence electrons. The van der Waals surface area contributed by atoms with Crippen LogP contribution < -0.4 is 4.74 Å². The van der Waals surface area contributed by atoms with Crippen molar-refractivity contribution in [1.82, 2.24) is 4.98 Å². The molecule has 0 amide bonds. The standard InChI is InChI=1S/C7H7Cl2NO/c1-11-6-2-3-10-5(4-8)7(6)9/h2-3H,4H2,1H3. The van der Waals surface area contributed by atoms with E-state index >= 15 is 0 Å². The van der Waals surface area contributed by atoms with Gasteiger partial charge in [0, 0.05) is 12.3 Å². The van der Waals surface area contributed by atoms with Gasteiger partial charge >= 0.3 is 0 Å². The normalized spacial score (nSPS) is 9.73. The number of halogens is 2. The van der Waals surface area contributed by atoms with Crippen LogP contribution in [0.25, 0.3) is 0 Å². The summed E-state index contributed by atoms with van der Waals surface area (Å²) in [5, 5.41) is 0.491. The molecule has 0 aliphatic rings. The van der Waals surface area contributed by atoms with E-state index in [2.05, 4.69) is 4.98 Å². The smallest absolute Gasteiger partial charge is 0.140 e. The summed E-state index contributed by atoms with van der Waals surface area (Å²) in [6.45, 7) is 0. The second-order valence-electron chi connectivity index (χ2n) is 1.91. The molecule has 11 heavy (non-hydrogen) atoms. The summed E-state index contributed by atoms with van der Waals surface area (Å²) in [5.74, 6) is 0.910. The fourth-order valence-electron chi connectivity index (χ4n) is 0.718. The Morgan fingerprint density at radius 1 is 1.64 bits per heavy atom. The lowest BCUT2D eigenvalue weighted by molar-refractivity contribution is 0.414. The van der Waals surface area contributed by atoms with Crippen LogP contribution in [0.3, 0.4) is 0 Å². The zero-order chi connectivity index (χ0) is 8.27. The molecule has 2 nitrogen and oxygen atoms in total. The van der Waals surface area contributed by atoms with Gasteiger partial charge in [-0.2, -0.15) is 0 Å². The number of nitrogens with zero attached hydrogens (tertiary/aromatic N) is 1. The maximum absolute atomic E-state index is 5.84. The number of ether oxygens (including phenoxy) is 1. The van der Waals surface area contributed by atoms with E-state index in [4.69, 9.17) is 27.9 Å². The Morgan fingerprint density at radius 3 is 2.91 bits per heavy atom. The topological polar surface area (TPSA) is 22.1 Å². The number of alkyl halides is 1. The lowest BCUT2D eigenvalue weighted by Gasteiger charge is -2.03. The lowest BCUT2D eigenvalue weighted by Crippen LogP contribution is -1.90. The highest BCUT2D eigenvalue weighted by molar-refractivity contribution is 6.33. The van der Waals surface area contributed by atoms with E-state index in [1.54, 1.807) is 19.4 Å². The highest BCUT2D eigenvalue weighted by atomic mass is 35.5. The molecule has 0 saturated carbocycles. The van der Waals surface area contributed by atoms with Crippen LogP contribution in [0.4, 0.5) is 0 Å². The van der Waals surface area contributed by atoms with Gasteiger partial charge < -0.3 is 4.74 Å². The minimum atomic E-state index is 0.302. The molecular weight excluding hydrogens is 185 g/mol. The molecule has 0 fully saturated rings. The van der Waals surface area contributed by atoms with Gasteiger partial charge in [0.15, 0.2) is 0 Å². The minimum absolute atomic E-state index is 0.302. The molecule has 0 aliphatic heterocycles. The van der Waals surface area contributed by atoms with Crippen LogP contribution in [0.15, 0.2) is 12.3 Å². The zero-order valence-corrected chi connectivity index (χ0v) is 7.49. The molecule has 4 heteroatoms. The first-order valence-electron chi connectivity index (χ1n) is 3.03. The molecule has 1 rings (SSSR count). The molecule has 0 saturated heterocycles. The molecule has 0 bridgehead atoms. The fraction of sp³-hybridized carbons (Fsp3) is 0.286. The van der Waals surface area contributed by atoms with E-state index in [1.807, 2.05) is 0 Å². The van der Waals surface area contributed by atoms with Crippen LogP contribution in [-0.2, 0) is 5.88 Å². The number of rotatable bonds is 2. The molecule has 0 atom stereocenters. The highest BCUT2D eigenvalue weighted by Gasteiger charge is 2.05. The maximum Gasteiger partial charge on any atom is 0.140 e. The van der Waals surface area contributed by atoms with Crippen molar-refractivity contribution in [3.8, 4) is 5.75 Å². The predicted molar refractivity (Wildman–Crippen MR) is 45.4 cm³/mol. The third-order valence-corrected chi connectivity index (χ3v) is 1.93. The molecule has 1 aromatic heterocycles. The number of aromatic nitrogens is 1. The van der Waals surface area contributed by atoms with Gasteiger partial charge in [0.05, 0.1) is 18.7 Å². The Balaban J connectivity index is 3.10. The molecular formula is C7H7Cl2NO. The Morgan fingerprint density at radius 2 is 2.36 bits per heavy atom. The Hall–Kier alpha value is -0.470. The van der Waals surface area contributed by atoms with E-state index < -0.39 is 0 Å². The first kappa shape index (κ1) is 8.62. The van der Waals surface area contributed by atoms with Crippen LogP contribution in [0, 0.1) is 0 Å². The number of pyridine rings is 1. The molecule has 0 radical (unpaired) electrons. The Labute approximate surface area is 75.1 Å². The molecule has 1 heterocycles. The van der Waals surface area contributed by atoms with E-state index in [0.29, 0.717) is 22.3 Å². The van der Waals surface area contributed by atoms with Gasteiger partial charge in [-0.1, -0.05) is 11.6 Å². The van der Waals surface area contributed by atoms with E-state index in [1.165, 1.54) is 0 Å². The Kier molecular flexibility index (Phi) is 2.97. The first-order valence-corrected chi connectivity index (χ1v) is 3.94. The summed E-state index contributed by atoms with van der Waals surface area (Å²) in [6, 6.07) is 1.69. The fourth-order valence-corrected chi connectivity index (χ4v) is 1.24. The summed E-state index contributed by atoms with van der Waals surface area (Å²) in [4.78, 5) is 3.96. The average molecular weight is 192 g/mol. The van der Waals surface area contributed by atoms with Crippen molar-refractivity contribution in [3.63, 3.8) is 0 Å². The summed E-state index contributed by atoms with van der Waals surface area (Å²) < 4.78 is 4.96. The molecule has 0 aromatic carbocycles. The van der Waals surface area contributed by atoms with Gasteiger partial charge in [0.25, 0.3) is 0 Å². The number of hydrogen-bond acceptors (Lipinski definition) is 2. The van der Waals surface area contributed by atoms with E-state index in [-0.39, 0.29) is 0 Å². The van der Waals surface area contributed by atoms with Crippen molar-refractivity contribution in [2.24, 2.45) is 0 Å². The van der Waals surface area contributed by atoms with Gasteiger partial charge in [-0.25, -0.2) is 0 Å². The zero-order valence-electron chi connectivity index (χ0n) is 5.97. The van der Waals surface area contributed by atoms with Crippen molar-refractivity contribution in [1.29, 1.82) is 0 Å². The second kappa shape index (κ2) is 3.79. The van der Waals surface area contributed by atoms with Gasteiger partial charge in [0.2, 0.25) is 0 Å². The largest absolute Gasteiger partial charge is 0.495 e. The Bertz CT molecular complexity index is 230. The monoisotopic (exact) mass is 191 g/mol. The van der Waals surface area contributed by atoms with Gasteiger partial charge in [-0.3, -0.25) is 4.98 Å². The third-order valence-electron chi connectivity index (χ3n) is 1.27. The highest BCUT2D eigenvalue weighted by Crippen LogP contribution is 2.26. The molecule has 0 unspecified atom stereocenters. The maximum atomic E-state index is 5.84. The van der Waals surface area contributed by atoms with Gasteiger partial charge in [-0.05, 0) is 0 Å². The van der Waals surface area contributed by atoms with Crippen molar-refractivity contribution >= 4 is 23.2 Å². The third kappa shape index (κ3) is 1.76. The van der Waals surface area contributed by atoms with Crippen LogP contribution in [0.5, 0.6) is 5.75 Å². The molecule has 0 aliphatic carbocycles. The van der Waals surface area contributed by atoms with Crippen LogP contribution >= 0.6 is 23.2 Å². The summed E-state index contributed by atoms with van der Waals surface area (Å²) in [6.07, 6.45) is 1.61. The van der Waals surface area contributed by atoms with Gasteiger partial charge in [-0.15, -0.1) is 11.6 Å². The van der Waals surface area contributed by atoms with Crippen molar-refractivity contribution in [2.75, 3.05) is 7.11 Å². The van der Waals surface area contributed by atoms with Crippen molar-refractivity contribution in [3.05, 3.63) is 23.0 Å². The van der Waals surface area contributed by atoms with Crippen LogP contribution in [0.1, 0.15) is 5.69 Å². The second-order valence-corrected chi connectivity index (χ2v) is 2.55. The summed E-state index contributed by atoms with van der Waals surface area (Å²) >= 11 is 11.4. The molecule has 0 N–H and O–H groups in total. The molecule has 1 aromatic rings. The van der Waals surface area contributed by atoms with Crippen LogP contribution in [-0.4, -0.2) is 12.1 Å². The average Bonchev–Trinajstić information content (AvgIpc) is 2.05. The lowest BCUT2D eigenvalue weighted by atomic mass is 10.3. The van der Waals surface area contributed by atoms with E-state index in [0.717, 1.165) is 0 Å². The summed E-state index contributed by atoms with van der Waals surface area (Å²) in [7, 11) is 1.55. The quantitative estimate of drug-likeness (QED) is 0.671.